The Morgan fingerprint density at radius 3 is 2.58 bits per heavy atom. The van der Waals surface area contributed by atoms with Gasteiger partial charge >= 0.3 is 0 Å². The Morgan fingerprint density at radius 1 is 1.17 bits per heavy atom. The first-order valence-electron chi connectivity index (χ1n) is 7.95. The summed E-state index contributed by atoms with van der Waals surface area (Å²) in [5, 5.41) is 3.02. The van der Waals surface area contributed by atoms with Gasteiger partial charge in [0.05, 0.1) is 18.9 Å². The Morgan fingerprint density at radius 2 is 1.92 bits per heavy atom. The van der Waals surface area contributed by atoms with Gasteiger partial charge in [0.1, 0.15) is 5.75 Å². The van der Waals surface area contributed by atoms with Crippen LogP contribution in [-0.2, 0) is 0 Å². The average Bonchev–Trinajstić information content (AvgIpc) is 3.16. The molecule has 2 amide bonds. The van der Waals surface area contributed by atoms with E-state index in [1.54, 1.807) is 36.3 Å². The summed E-state index contributed by atoms with van der Waals surface area (Å²) in [5.74, 6) is 0.657. The van der Waals surface area contributed by atoms with E-state index in [1.807, 2.05) is 12.1 Å². The number of methoxy groups -OCH3 is 1. The third kappa shape index (κ3) is 3.42. The van der Waals surface area contributed by atoms with Gasteiger partial charge in [0.2, 0.25) is 0 Å². The molecule has 0 radical (unpaired) electrons. The van der Waals surface area contributed by atoms with Crippen molar-refractivity contribution in [1.29, 1.82) is 0 Å². The molecule has 1 aliphatic rings. The number of piperidine rings is 1. The lowest BCUT2D eigenvalue weighted by atomic mass is 10.0. The van der Waals surface area contributed by atoms with E-state index in [1.165, 1.54) is 6.26 Å². The largest absolute Gasteiger partial charge is 0.496 e. The van der Waals surface area contributed by atoms with Crippen molar-refractivity contribution in [3.8, 4) is 5.75 Å². The van der Waals surface area contributed by atoms with Gasteiger partial charge in [0.25, 0.3) is 11.8 Å². The number of benzene rings is 1. The number of nitrogens with zero attached hydrogens (tertiary/aromatic N) is 1. The molecule has 0 atom stereocenters. The summed E-state index contributed by atoms with van der Waals surface area (Å²) in [7, 11) is 1.55. The topological polar surface area (TPSA) is 71.8 Å². The molecule has 2 heterocycles. The Hall–Kier alpha value is -2.76. The molecular weight excluding hydrogens is 308 g/mol. The second-order valence-electron chi connectivity index (χ2n) is 5.72. The minimum absolute atomic E-state index is 0.0445. The zero-order valence-electron chi connectivity index (χ0n) is 13.5. The van der Waals surface area contributed by atoms with Crippen LogP contribution in [0.3, 0.4) is 0 Å². The Bertz CT molecular complexity index is 704. The fraction of sp³-hybridized carbons (Fsp3) is 0.333. The first-order chi connectivity index (χ1) is 11.7. The molecule has 0 unspecified atom stereocenters. The zero-order valence-corrected chi connectivity index (χ0v) is 13.5. The third-order valence-corrected chi connectivity index (χ3v) is 4.20. The molecule has 0 bridgehead atoms. The number of ether oxygens (including phenoxy) is 1. The van der Waals surface area contributed by atoms with Crippen LogP contribution in [0.15, 0.2) is 47.1 Å². The molecule has 1 fully saturated rings. The van der Waals surface area contributed by atoms with Crippen LogP contribution in [0.4, 0.5) is 0 Å². The molecule has 1 aromatic carbocycles. The lowest BCUT2D eigenvalue weighted by molar-refractivity contribution is 0.0667. The van der Waals surface area contributed by atoms with Gasteiger partial charge in [-0.1, -0.05) is 12.1 Å². The lowest BCUT2D eigenvalue weighted by Gasteiger charge is -2.32. The predicted molar refractivity (Wildman–Crippen MR) is 88.1 cm³/mol. The molecule has 6 heteroatoms. The Balaban J connectivity index is 1.55. The molecule has 0 spiro atoms. The molecule has 0 saturated carbocycles. The minimum atomic E-state index is -0.150. The summed E-state index contributed by atoms with van der Waals surface area (Å²) >= 11 is 0. The van der Waals surface area contributed by atoms with E-state index >= 15 is 0 Å². The van der Waals surface area contributed by atoms with Gasteiger partial charge in [-0.05, 0) is 37.1 Å². The average molecular weight is 328 g/mol. The fourth-order valence-corrected chi connectivity index (χ4v) is 2.88. The molecule has 1 aromatic heterocycles. The van der Waals surface area contributed by atoms with Crippen LogP contribution in [0, 0.1) is 0 Å². The van der Waals surface area contributed by atoms with Crippen LogP contribution in [0.5, 0.6) is 5.75 Å². The summed E-state index contributed by atoms with van der Waals surface area (Å²) in [6, 6.07) is 10.5. The van der Waals surface area contributed by atoms with E-state index < -0.39 is 0 Å². The van der Waals surface area contributed by atoms with Crippen LogP contribution < -0.4 is 10.1 Å². The quantitative estimate of drug-likeness (QED) is 0.935. The van der Waals surface area contributed by atoms with E-state index in [9.17, 15) is 9.59 Å². The summed E-state index contributed by atoms with van der Waals surface area (Å²) < 4.78 is 10.4. The second kappa shape index (κ2) is 7.21. The van der Waals surface area contributed by atoms with Crippen LogP contribution >= 0.6 is 0 Å². The number of hydrogen-bond acceptors (Lipinski definition) is 4. The third-order valence-electron chi connectivity index (χ3n) is 4.20. The molecule has 1 aliphatic heterocycles. The summed E-state index contributed by atoms with van der Waals surface area (Å²) in [6.07, 6.45) is 2.92. The number of hydrogen-bond donors (Lipinski definition) is 1. The maximum absolute atomic E-state index is 12.4. The molecule has 2 aromatic rings. The van der Waals surface area contributed by atoms with Crippen molar-refractivity contribution in [2.24, 2.45) is 0 Å². The number of amides is 2. The molecule has 1 saturated heterocycles. The van der Waals surface area contributed by atoms with Crippen LogP contribution in [0.1, 0.15) is 33.8 Å². The lowest BCUT2D eigenvalue weighted by Crippen LogP contribution is -2.46. The van der Waals surface area contributed by atoms with Crippen molar-refractivity contribution in [2.45, 2.75) is 18.9 Å². The molecule has 6 nitrogen and oxygen atoms in total. The highest BCUT2D eigenvalue weighted by molar-refractivity contribution is 5.97. The van der Waals surface area contributed by atoms with Gasteiger partial charge in [-0.25, -0.2) is 0 Å². The predicted octanol–water partition coefficient (Wildman–Crippen LogP) is 2.32. The van der Waals surface area contributed by atoms with E-state index in [-0.39, 0.29) is 17.9 Å². The van der Waals surface area contributed by atoms with Crippen molar-refractivity contribution in [2.75, 3.05) is 20.2 Å². The highest BCUT2D eigenvalue weighted by Gasteiger charge is 2.26. The highest BCUT2D eigenvalue weighted by atomic mass is 16.5. The number of carbonyl (C=O) groups excluding carboxylic acids is 2. The number of nitrogens with one attached hydrogen (secondary N) is 1. The summed E-state index contributed by atoms with van der Waals surface area (Å²) in [5.41, 5.74) is 0.522. The first kappa shape index (κ1) is 16.1. The number of rotatable bonds is 4. The molecule has 1 N–H and O–H groups in total. The number of para-hydroxylation sites is 1. The molecule has 3 rings (SSSR count). The molecular formula is C18H20N2O4. The van der Waals surface area contributed by atoms with E-state index in [2.05, 4.69) is 5.32 Å². The van der Waals surface area contributed by atoms with Crippen LogP contribution in [-0.4, -0.2) is 43.0 Å². The SMILES string of the molecule is COc1ccccc1C(=O)NC1CCN(C(=O)c2ccco2)CC1. The first-order valence-corrected chi connectivity index (χ1v) is 7.95. The maximum atomic E-state index is 12.4. The van der Waals surface area contributed by atoms with Crippen molar-refractivity contribution >= 4 is 11.8 Å². The smallest absolute Gasteiger partial charge is 0.289 e. The zero-order chi connectivity index (χ0) is 16.9. The number of carbonyl (C=O) groups is 2. The maximum Gasteiger partial charge on any atom is 0.289 e. The second-order valence-corrected chi connectivity index (χ2v) is 5.72. The van der Waals surface area contributed by atoms with Gasteiger partial charge in [-0.2, -0.15) is 0 Å². The van der Waals surface area contributed by atoms with Crippen LogP contribution in [0.2, 0.25) is 0 Å². The summed E-state index contributed by atoms with van der Waals surface area (Å²) in [6.45, 7) is 1.19. The minimum Gasteiger partial charge on any atom is -0.496 e. The van der Waals surface area contributed by atoms with Crippen molar-refractivity contribution in [3.05, 3.63) is 54.0 Å². The van der Waals surface area contributed by atoms with E-state index in [0.29, 0.717) is 43.0 Å². The van der Waals surface area contributed by atoms with Crippen molar-refractivity contribution in [3.63, 3.8) is 0 Å². The van der Waals surface area contributed by atoms with Crippen LogP contribution in [0.25, 0.3) is 0 Å². The van der Waals surface area contributed by atoms with E-state index in [0.717, 1.165) is 0 Å². The summed E-state index contributed by atoms with van der Waals surface area (Å²) in [4.78, 5) is 26.4. The van der Waals surface area contributed by atoms with E-state index in [4.69, 9.17) is 9.15 Å². The normalized spacial score (nSPS) is 15.1. The van der Waals surface area contributed by atoms with Gasteiger partial charge in [0, 0.05) is 19.1 Å². The molecule has 126 valence electrons. The van der Waals surface area contributed by atoms with Gasteiger partial charge in [-0.15, -0.1) is 0 Å². The van der Waals surface area contributed by atoms with Gasteiger partial charge < -0.3 is 19.4 Å². The fourth-order valence-electron chi connectivity index (χ4n) is 2.88. The number of furan rings is 1. The standard InChI is InChI=1S/C18H20N2O4/c1-23-15-6-3-2-5-14(15)17(21)19-13-8-10-20(11-9-13)18(22)16-7-4-12-24-16/h2-7,12-13H,8-11H2,1H3,(H,19,21). The van der Waals surface area contributed by atoms with Gasteiger partial charge in [-0.3, -0.25) is 9.59 Å². The Labute approximate surface area is 140 Å². The van der Waals surface area contributed by atoms with Gasteiger partial charge in [0.15, 0.2) is 5.76 Å². The van der Waals surface area contributed by atoms with Crippen molar-refractivity contribution < 1.29 is 18.7 Å². The molecule has 0 aliphatic carbocycles. The Kier molecular flexibility index (Phi) is 4.84. The highest BCUT2D eigenvalue weighted by Crippen LogP contribution is 2.19. The monoisotopic (exact) mass is 328 g/mol. The molecule has 24 heavy (non-hydrogen) atoms. The van der Waals surface area contributed by atoms with Crippen molar-refractivity contribution in [1.82, 2.24) is 10.2 Å². The number of likely N-dealkylation sites (tertiary alicyclic amines) is 1.